The summed E-state index contributed by atoms with van der Waals surface area (Å²) in [6.45, 7) is 5.97. The van der Waals surface area contributed by atoms with Gasteiger partial charge in [0.25, 0.3) is 0 Å². The van der Waals surface area contributed by atoms with Crippen LogP contribution in [0.25, 0.3) is 11.3 Å². The van der Waals surface area contributed by atoms with Gasteiger partial charge in [-0.15, -0.1) is 0 Å². The van der Waals surface area contributed by atoms with E-state index in [0.29, 0.717) is 23.6 Å². The maximum atomic E-state index is 14.0. The molecule has 10 heteroatoms. The Morgan fingerprint density at radius 1 is 1.41 bits per heavy atom. The number of hydrogen-bond donors (Lipinski definition) is 1. The van der Waals surface area contributed by atoms with Gasteiger partial charge < -0.3 is 9.84 Å². The molecule has 2 aromatic heterocycles. The van der Waals surface area contributed by atoms with Crippen LogP contribution in [-0.4, -0.2) is 31.9 Å². The molecular formula is C19H18ClFN6O2. The fourth-order valence-electron chi connectivity index (χ4n) is 2.62. The highest BCUT2D eigenvalue weighted by Gasteiger charge is 2.19. The fourth-order valence-corrected chi connectivity index (χ4v) is 2.87. The summed E-state index contributed by atoms with van der Waals surface area (Å²) in [4.78, 5) is 16.3. The number of benzene rings is 1. The van der Waals surface area contributed by atoms with Gasteiger partial charge in [0.1, 0.15) is 17.4 Å². The molecule has 3 aromatic rings. The van der Waals surface area contributed by atoms with E-state index in [9.17, 15) is 9.18 Å². The quantitative estimate of drug-likeness (QED) is 0.658. The Bertz CT molecular complexity index is 1060. The first-order chi connectivity index (χ1) is 13.8. The monoisotopic (exact) mass is 416 g/mol. The first-order valence-corrected chi connectivity index (χ1v) is 9.23. The first kappa shape index (κ1) is 20.5. The topological polar surface area (TPSA) is 110 Å². The van der Waals surface area contributed by atoms with Crippen molar-refractivity contribution in [2.75, 3.05) is 0 Å². The van der Waals surface area contributed by atoms with E-state index in [1.165, 1.54) is 12.1 Å². The predicted molar refractivity (Wildman–Crippen MR) is 103 cm³/mol. The highest BCUT2D eigenvalue weighted by atomic mass is 35.5. The number of carbonyl (C=O) groups is 1. The van der Waals surface area contributed by atoms with Crippen LogP contribution in [0, 0.1) is 17.1 Å². The molecule has 29 heavy (non-hydrogen) atoms. The molecular weight excluding hydrogens is 399 g/mol. The van der Waals surface area contributed by atoms with Gasteiger partial charge in [-0.1, -0.05) is 30.6 Å². The van der Waals surface area contributed by atoms with Crippen molar-refractivity contribution in [3.05, 3.63) is 52.5 Å². The molecule has 0 aliphatic carbocycles. The third kappa shape index (κ3) is 4.60. The third-order valence-electron chi connectivity index (χ3n) is 4.08. The summed E-state index contributed by atoms with van der Waals surface area (Å²) < 4.78 is 20.5. The van der Waals surface area contributed by atoms with Crippen LogP contribution in [0.3, 0.4) is 0 Å². The highest BCUT2D eigenvalue weighted by Crippen LogP contribution is 2.26. The van der Waals surface area contributed by atoms with Crippen molar-refractivity contribution in [1.29, 1.82) is 5.26 Å². The van der Waals surface area contributed by atoms with Gasteiger partial charge in [-0.25, -0.2) is 4.39 Å². The van der Waals surface area contributed by atoms with Crippen molar-refractivity contribution in [3.63, 3.8) is 0 Å². The van der Waals surface area contributed by atoms with Crippen molar-refractivity contribution >= 4 is 17.5 Å². The van der Waals surface area contributed by atoms with Gasteiger partial charge in [0.15, 0.2) is 5.82 Å². The van der Waals surface area contributed by atoms with E-state index in [1.54, 1.807) is 29.9 Å². The second-order valence-electron chi connectivity index (χ2n) is 6.84. The number of nitrogens with one attached hydrogen (secondary N) is 1. The Morgan fingerprint density at radius 2 is 2.17 bits per heavy atom. The zero-order chi connectivity index (χ0) is 21.1. The van der Waals surface area contributed by atoms with Crippen LogP contribution in [0.1, 0.15) is 48.8 Å². The zero-order valence-corrected chi connectivity index (χ0v) is 16.7. The summed E-state index contributed by atoms with van der Waals surface area (Å²) in [6.07, 6.45) is 1.70. The maximum Gasteiger partial charge on any atom is 0.315 e. The van der Waals surface area contributed by atoms with Crippen LogP contribution >= 0.6 is 11.6 Å². The van der Waals surface area contributed by atoms with Gasteiger partial charge in [0.05, 0.1) is 17.3 Å². The molecule has 1 N–H and O–H groups in total. The van der Waals surface area contributed by atoms with E-state index in [0.717, 1.165) is 0 Å². The normalized spacial score (nSPS) is 12.0. The summed E-state index contributed by atoms with van der Waals surface area (Å²) in [7, 11) is 0. The van der Waals surface area contributed by atoms with E-state index < -0.39 is 11.7 Å². The summed E-state index contributed by atoms with van der Waals surface area (Å²) in [5.41, 5.74) is 0.745. The molecule has 0 aliphatic rings. The Morgan fingerprint density at radius 3 is 2.79 bits per heavy atom. The Labute approximate surface area is 171 Å². The van der Waals surface area contributed by atoms with Crippen LogP contribution in [0.5, 0.6) is 0 Å². The van der Waals surface area contributed by atoms with E-state index in [2.05, 4.69) is 20.6 Å². The van der Waals surface area contributed by atoms with E-state index >= 15 is 0 Å². The number of nitriles is 1. The van der Waals surface area contributed by atoms with Gasteiger partial charge >= 0.3 is 11.8 Å². The smallest absolute Gasteiger partial charge is 0.315 e. The number of rotatable bonds is 6. The van der Waals surface area contributed by atoms with Gasteiger partial charge in [-0.3, -0.25) is 9.48 Å². The SMILES string of the molecule is CC(Cn1ccc(-c2cc(F)c(C#N)c(Cl)c2)n1)NC(=O)c1nc(C(C)C)no1. The summed E-state index contributed by atoms with van der Waals surface area (Å²) >= 11 is 5.95. The van der Waals surface area contributed by atoms with Crippen molar-refractivity contribution in [3.8, 4) is 17.3 Å². The van der Waals surface area contributed by atoms with Gasteiger partial charge in [0.2, 0.25) is 0 Å². The first-order valence-electron chi connectivity index (χ1n) is 8.86. The molecule has 0 bridgehead atoms. The third-order valence-corrected chi connectivity index (χ3v) is 4.38. The second kappa shape index (κ2) is 8.41. The molecule has 0 radical (unpaired) electrons. The van der Waals surface area contributed by atoms with Crippen LogP contribution in [-0.2, 0) is 6.54 Å². The Hall–Kier alpha value is -3.25. The van der Waals surface area contributed by atoms with Crippen LogP contribution < -0.4 is 5.32 Å². The molecule has 0 spiro atoms. The molecule has 1 aromatic carbocycles. The number of aromatic nitrogens is 4. The molecule has 150 valence electrons. The fraction of sp³-hybridized carbons (Fsp3) is 0.316. The minimum absolute atomic E-state index is 0.0259. The second-order valence-corrected chi connectivity index (χ2v) is 7.24. The molecule has 8 nitrogen and oxygen atoms in total. The van der Waals surface area contributed by atoms with Crippen LogP contribution in [0.2, 0.25) is 5.02 Å². The van der Waals surface area contributed by atoms with E-state index in [1.807, 2.05) is 13.8 Å². The lowest BCUT2D eigenvalue weighted by Gasteiger charge is -2.12. The molecule has 0 aliphatic heterocycles. The van der Waals surface area contributed by atoms with Gasteiger partial charge in [-0.05, 0) is 25.1 Å². The van der Waals surface area contributed by atoms with Crippen LogP contribution in [0.4, 0.5) is 4.39 Å². The molecule has 0 saturated heterocycles. The Kier molecular flexibility index (Phi) is 5.94. The minimum Gasteiger partial charge on any atom is -0.344 e. The summed E-state index contributed by atoms with van der Waals surface area (Å²) in [6, 6.07) is 5.83. The molecule has 0 saturated carbocycles. The lowest BCUT2D eigenvalue weighted by atomic mass is 10.1. The number of amides is 1. The summed E-state index contributed by atoms with van der Waals surface area (Å²) in [5.74, 6) is -0.742. The lowest BCUT2D eigenvalue weighted by Crippen LogP contribution is -2.36. The highest BCUT2D eigenvalue weighted by molar-refractivity contribution is 6.32. The number of carbonyl (C=O) groups excluding carboxylic acids is 1. The average Bonchev–Trinajstić information content (AvgIpc) is 3.31. The molecule has 1 amide bonds. The molecule has 0 fully saturated rings. The van der Waals surface area contributed by atoms with E-state index in [4.69, 9.17) is 21.4 Å². The van der Waals surface area contributed by atoms with Crippen molar-refractivity contribution in [1.82, 2.24) is 25.2 Å². The van der Waals surface area contributed by atoms with Crippen molar-refractivity contribution in [2.24, 2.45) is 0 Å². The number of nitrogens with zero attached hydrogens (tertiary/aromatic N) is 5. The van der Waals surface area contributed by atoms with Crippen molar-refractivity contribution in [2.45, 2.75) is 39.3 Å². The van der Waals surface area contributed by atoms with Gasteiger partial charge in [-0.2, -0.15) is 15.3 Å². The van der Waals surface area contributed by atoms with Gasteiger partial charge in [0, 0.05) is 23.7 Å². The number of hydrogen-bond acceptors (Lipinski definition) is 6. The van der Waals surface area contributed by atoms with Crippen LogP contribution in [0.15, 0.2) is 28.9 Å². The molecule has 1 unspecified atom stereocenters. The largest absolute Gasteiger partial charge is 0.344 e. The lowest BCUT2D eigenvalue weighted by molar-refractivity contribution is 0.0891. The Balaban J connectivity index is 1.66. The molecule has 3 rings (SSSR count). The standard InChI is InChI=1S/C19H18ClFN6O2/c1-10(2)17-24-19(29-26-17)18(28)23-11(3)9-27-5-4-16(25-27)12-6-14(20)13(8-22)15(21)7-12/h4-7,10-11H,9H2,1-3H3,(H,23,28). The van der Waals surface area contributed by atoms with E-state index in [-0.39, 0.29) is 28.4 Å². The molecule has 2 heterocycles. The summed E-state index contributed by atoms with van der Waals surface area (Å²) in [5, 5.41) is 19.8. The van der Waals surface area contributed by atoms with Crippen molar-refractivity contribution < 1.29 is 13.7 Å². The predicted octanol–water partition coefficient (Wildman–Crippen LogP) is 3.54. The maximum absolute atomic E-state index is 14.0. The minimum atomic E-state index is -0.703. The number of halogens is 2. The molecule has 1 atom stereocenters. The zero-order valence-electron chi connectivity index (χ0n) is 16.0. The average molecular weight is 417 g/mol.